The van der Waals surface area contributed by atoms with E-state index in [0.717, 1.165) is 36.1 Å². The number of hydrogen-bond donors (Lipinski definition) is 0. The van der Waals surface area contributed by atoms with Crippen LogP contribution in [0.25, 0.3) is 0 Å². The molecule has 0 spiro atoms. The third-order valence-corrected chi connectivity index (χ3v) is 6.13. The molecule has 1 fully saturated rings. The summed E-state index contributed by atoms with van der Waals surface area (Å²) < 4.78 is 12.7. The Morgan fingerprint density at radius 2 is 1.86 bits per heavy atom. The van der Waals surface area contributed by atoms with Crippen LogP contribution in [-0.4, -0.2) is 34.7 Å². The first-order valence-electron chi connectivity index (χ1n) is 8.17. The van der Waals surface area contributed by atoms with Crippen molar-refractivity contribution in [2.24, 2.45) is 5.92 Å². The lowest BCUT2D eigenvalue weighted by molar-refractivity contribution is -0.121. The predicted molar refractivity (Wildman–Crippen MR) is 91.4 cm³/mol. The molecular weight excluding hydrogens is 294 g/mol. The number of Topliss-reactive ketones (excluding diaryl/α,β-unsaturated/α-hetero) is 1. The number of rotatable bonds is 6. The number of hydrogen-bond acceptors (Lipinski definition) is 3. The lowest BCUT2D eigenvalue weighted by atomic mass is 9.87. The van der Waals surface area contributed by atoms with Gasteiger partial charge in [-0.3, -0.25) is 9.00 Å². The molecule has 1 unspecified atom stereocenters. The molecule has 0 aromatic heterocycles. The molecule has 0 heterocycles. The molecule has 122 valence electrons. The molecule has 1 aliphatic carbocycles. The normalized spacial score (nSPS) is 19.1. The van der Waals surface area contributed by atoms with Crippen molar-refractivity contribution in [3.8, 4) is 0 Å². The molecule has 1 aromatic carbocycles. The molecule has 3 nitrogen and oxygen atoms in total. The van der Waals surface area contributed by atoms with Gasteiger partial charge in [-0.15, -0.1) is 0 Å². The van der Waals surface area contributed by atoms with Crippen LogP contribution in [0.15, 0.2) is 29.2 Å². The minimum Gasteiger partial charge on any atom is -0.303 e. The Balaban J connectivity index is 2.10. The van der Waals surface area contributed by atoms with Gasteiger partial charge >= 0.3 is 0 Å². The topological polar surface area (TPSA) is 37.4 Å². The van der Waals surface area contributed by atoms with Crippen LogP contribution < -0.4 is 0 Å². The zero-order valence-electron chi connectivity index (χ0n) is 13.9. The van der Waals surface area contributed by atoms with E-state index in [4.69, 9.17) is 0 Å². The van der Waals surface area contributed by atoms with E-state index in [0.29, 0.717) is 0 Å². The summed E-state index contributed by atoms with van der Waals surface area (Å²) in [5.41, 5.74) is 1.06. The minimum atomic E-state index is -1.24. The van der Waals surface area contributed by atoms with Crippen LogP contribution in [0.3, 0.4) is 0 Å². The van der Waals surface area contributed by atoms with Crippen LogP contribution in [0.4, 0.5) is 0 Å². The van der Waals surface area contributed by atoms with E-state index >= 15 is 0 Å². The molecule has 0 bridgehead atoms. The molecule has 0 amide bonds. The van der Waals surface area contributed by atoms with Gasteiger partial charge in [0.25, 0.3) is 0 Å². The number of carbonyl (C=O) groups excluding carboxylic acids is 1. The summed E-state index contributed by atoms with van der Waals surface area (Å²) in [4.78, 5) is 15.3. The second-order valence-corrected chi connectivity index (χ2v) is 7.89. The lowest BCUT2D eigenvalue weighted by Crippen LogP contribution is -2.24. The van der Waals surface area contributed by atoms with Gasteiger partial charge in [0.15, 0.2) is 0 Å². The number of nitrogens with zero attached hydrogens (tertiary/aromatic N) is 1. The fraction of sp³-hybridized carbons (Fsp3) is 0.611. The van der Waals surface area contributed by atoms with Crippen molar-refractivity contribution in [2.45, 2.75) is 50.0 Å². The Hall–Kier alpha value is -1.00. The van der Waals surface area contributed by atoms with Gasteiger partial charge in [-0.2, -0.15) is 0 Å². The van der Waals surface area contributed by atoms with Crippen molar-refractivity contribution in [1.82, 2.24) is 4.90 Å². The first-order valence-corrected chi connectivity index (χ1v) is 9.49. The minimum absolute atomic E-state index is 0.135. The van der Waals surface area contributed by atoms with Crippen LogP contribution in [0, 0.1) is 5.92 Å². The van der Waals surface area contributed by atoms with Gasteiger partial charge < -0.3 is 4.90 Å². The highest BCUT2D eigenvalue weighted by atomic mass is 32.2. The van der Waals surface area contributed by atoms with E-state index in [1.54, 1.807) is 0 Å². The third kappa shape index (κ3) is 4.26. The van der Waals surface area contributed by atoms with E-state index in [1.807, 2.05) is 38.4 Å². The summed E-state index contributed by atoms with van der Waals surface area (Å²) in [5.74, 6) is 0.489. The summed E-state index contributed by atoms with van der Waals surface area (Å²) in [7, 11) is 2.78. The maximum absolute atomic E-state index is 12.7. The largest absolute Gasteiger partial charge is 0.303 e. The summed E-state index contributed by atoms with van der Waals surface area (Å²) in [6, 6.07) is 7.98. The highest BCUT2D eigenvalue weighted by molar-refractivity contribution is 7.85. The van der Waals surface area contributed by atoms with Gasteiger partial charge in [-0.05, 0) is 45.5 Å². The Morgan fingerprint density at radius 3 is 2.50 bits per heavy atom. The van der Waals surface area contributed by atoms with E-state index < -0.39 is 10.8 Å². The van der Waals surface area contributed by atoms with Crippen LogP contribution in [0.5, 0.6) is 0 Å². The number of benzene rings is 1. The average Bonchev–Trinajstić information content (AvgIpc) is 2.54. The summed E-state index contributed by atoms with van der Waals surface area (Å²) in [6.07, 6.45) is 5.46. The Kier molecular flexibility index (Phi) is 6.33. The standard InChI is InChI=1S/C18H27NO2S/c1-14(19(2)3)16-11-7-8-12-18(16)22(21)13-17(20)15-9-5-4-6-10-15/h7-8,11-12,14-15H,4-6,9-10,13H2,1-3H3/t14-,22?/m1/s1. The second kappa shape index (κ2) is 8.02. The van der Waals surface area contributed by atoms with Gasteiger partial charge in [-0.25, -0.2) is 0 Å². The molecule has 0 aliphatic heterocycles. The Morgan fingerprint density at radius 1 is 1.23 bits per heavy atom. The van der Waals surface area contributed by atoms with Crippen molar-refractivity contribution < 1.29 is 9.00 Å². The van der Waals surface area contributed by atoms with Crippen molar-refractivity contribution in [2.75, 3.05) is 19.8 Å². The molecule has 1 saturated carbocycles. The predicted octanol–water partition coefficient (Wildman–Crippen LogP) is 3.57. The fourth-order valence-corrected chi connectivity index (χ4v) is 4.44. The Labute approximate surface area is 136 Å². The highest BCUT2D eigenvalue weighted by Crippen LogP contribution is 2.27. The monoisotopic (exact) mass is 321 g/mol. The van der Waals surface area contributed by atoms with E-state index in [9.17, 15) is 9.00 Å². The van der Waals surface area contributed by atoms with Crippen molar-refractivity contribution in [3.05, 3.63) is 29.8 Å². The SMILES string of the molecule is C[C@H](c1ccccc1S(=O)CC(=O)C1CCCCC1)N(C)C. The highest BCUT2D eigenvalue weighted by Gasteiger charge is 2.24. The molecule has 2 atom stereocenters. The summed E-state index contributed by atoms with van der Waals surface area (Å²) >= 11 is 0. The Bertz CT molecular complexity index is 536. The summed E-state index contributed by atoms with van der Waals surface area (Å²) in [6.45, 7) is 2.10. The van der Waals surface area contributed by atoms with Gasteiger partial charge in [-0.1, -0.05) is 37.5 Å². The molecule has 0 N–H and O–H groups in total. The first-order chi connectivity index (χ1) is 10.5. The molecule has 0 radical (unpaired) electrons. The molecule has 1 aliphatic rings. The van der Waals surface area contributed by atoms with Crippen LogP contribution in [0.2, 0.25) is 0 Å². The molecule has 22 heavy (non-hydrogen) atoms. The smallest absolute Gasteiger partial charge is 0.148 e. The van der Waals surface area contributed by atoms with E-state index in [2.05, 4.69) is 11.8 Å². The number of ketones is 1. The van der Waals surface area contributed by atoms with Gasteiger partial charge in [0.05, 0.1) is 16.6 Å². The summed E-state index contributed by atoms with van der Waals surface area (Å²) in [5, 5.41) is 0. The van der Waals surface area contributed by atoms with Crippen LogP contribution in [0.1, 0.15) is 50.6 Å². The lowest BCUT2D eigenvalue weighted by Gasteiger charge is -2.23. The van der Waals surface area contributed by atoms with Crippen LogP contribution >= 0.6 is 0 Å². The molecule has 2 rings (SSSR count). The van der Waals surface area contributed by atoms with Crippen molar-refractivity contribution >= 4 is 16.6 Å². The molecule has 1 aromatic rings. The first kappa shape index (κ1) is 17.4. The third-order valence-electron chi connectivity index (χ3n) is 4.72. The number of carbonyl (C=O) groups is 1. The van der Waals surface area contributed by atoms with E-state index in [1.165, 1.54) is 6.42 Å². The van der Waals surface area contributed by atoms with Crippen LogP contribution in [-0.2, 0) is 15.6 Å². The van der Waals surface area contributed by atoms with Crippen molar-refractivity contribution in [1.29, 1.82) is 0 Å². The van der Waals surface area contributed by atoms with Gasteiger partial charge in [0.1, 0.15) is 5.78 Å². The van der Waals surface area contributed by atoms with Gasteiger partial charge in [0.2, 0.25) is 0 Å². The zero-order chi connectivity index (χ0) is 16.1. The van der Waals surface area contributed by atoms with E-state index in [-0.39, 0.29) is 23.5 Å². The zero-order valence-corrected chi connectivity index (χ0v) is 14.7. The molecular formula is C18H27NO2S. The molecule has 0 saturated heterocycles. The van der Waals surface area contributed by atoms with Gasteiger partial charge in [0, 0.05) is 16.9 Å². The quantitative estimate of drug-likeness (QED) is 0.804. The maximum atomic E-state index is 12.7. The maximum Gasteiger partial charge on any atom is 0.148 e. The average molecular weight is 321 g/mol. The van der Waals surface area contributed by atoms with Crippen molar-refractivity contribution in [3.63, 3.8) is 0 Å². The fourth-order valence-electron chi connectivity index (χ4n) is 3.06. The second-order valence-electron chi connectivity index (χ2n) is 6.47. The molecule has 4 heteroatoms.